The Kier molecular flexibility index (Phi) is 4.40. The molecular formula is C15H21N3. The molecule has 0 amide bonds. The first-order valence-electron chi connectivity index (χ1n) is 6.67. The summed E-state index contributed by atoms with van der Waals surface area (Å²) in [5, 5.41) is 7.69. The lowest BCUT2D eigenvalue weighted by Gasteiger charge is -2.08. The summed E-state index contributed by atoms with van der Waals surface area (Å²) >= 11 is 0. The molecule has 96 valence electrons. The van der Waals surface area contributed by atoms with E-state index in [-0.39, 0.29) is 0 Å². The highest BCUT2D eigenvalue weighted by Gasteiger charge is 2.00. The molecule has 0 aliphatic rings. The van der Waals surface area contributed by atoms with Crippen LogP contribution in [0.15, 0.2) is 36.5 Å². The monoisotopic (exact) mass is 243 g/mol. The molecule has 0 radical (unpaired) electrons. The maximum absolute atomic E-state index is 4.26. The van der Waals surface area contributed by atoms with Gasteiger partial charge in [-0.15, -0.1) is 0 Å². The van der Waals surface area contributed by atoms with E-state index in [4.69, 9.17) is 0 Å². The van der Waals surface area contributed by atoms with Crippen LogP contribution in [0.1, 0.15) is 31.5 Å². The summed E-state index contributed by atoms with van der Waals surface area (Å²) in [6.45, 7) is 6.05. The zero-order chi connectivity index (χ0) is 12.8. The normalized spacial score (nSPS) is 10.6. The number of nitrogens with zero attached hydrogens (tertiary/aromatic N) is 2. The first-order valence-corrected chi connectivity index (χ1v) is 6.67. The first-order chi connectivity index (χ1) is 8.83. The van der Waals surface area contributed by atoms with Crippen molar-refractivity contribution in [3.63, 3.8) is 0 Å². The minimum atomic E-state index is 0.820. The van der Waals surface area contributed by atoms with E-state index in [1.807, 2.05) is 10.9 Å². The summed E-state index contributed by atoms with van der Waals surface area (Å²) in [5.41, 5.74) is 3.79. The van der Waals surface area contributed by atoms with Gasteiger partial charge < -0.3 is 5.32 Å². The average molecular weight is 243 g/mol. The van der Waals surface area contributed by atoms with E-state index in [1.165, 1.54) is 23.4 Å². The van der Waals surface area contributed by atoms with Gasteiger partial charge in [-0.1, -0.05) is 25.5 Å². The van der Waals surface area contributed by atoms with Gasteiger partial charge in [0, 0.05) is 18.4 Å². The van der Waals surface area contributed by atoms with Crippen LogP contribution in [-0.4, -0.2) is 9.78 Å². The van der Waals surface area contributed by atoms with E-state index in [0.717, 1.165) is 19.5 Å². The van der Waals surface area contributed by atoms with Gasteiger partial charge in [-0.3, -0.25) is 4.68 Å². The summed E-state index contributed by atoms with van der Waals surface area (Å²) in [5.74, 6) is 0. The largest absolute Gasteiger partial charge is 0.379 e. The Bertz CT molecular complexity index is 471. The fraction of sp³-hybridized carbons (Fsp3) is 0.400. The fourth-order valence-electron chi connectivity index (χ4n) is 2.07. The first kappa shape index (κ1) is 12.7. The number of aryl methyl sites for hydroxylation is 2. The minimum absolute atomic E-state index is 0.820. The smallest absolute Gasteiger partial charge is 0.0575 e. The van der Waals surface area contributed by atoms with Crippen molar-refractivity contribution in [2.45, 2.75) is 39.8 Å². The summed E-state index contributed by atoms with van der Waals surface area (Å²) in [6.07, 6.45) is 4.20. The van der Waals surface area contributed by atoms with Crippen LogP contribution in [0.5, 0.6) is 0 Å². The highest BCUT2D eigenvalue weighted by atomic mass is 15.3. The molecular weight excluding hydrogens is 222 g/mol. The molecule has 1 aromatic heterocycles. The maximum atomic E-state index is 4.26. The standard InChI is InChI=1S/C15H21N3/c1-3-5-13-6-8-14(9-7-13)16-12-15-10-11-17-18(15)4-2/h6-11,16H,3-5,12H2,1-2H3. The maximum Gasteiger partial charge on any atom is 0.0575 e. The molecule has 1 aromatic carbocycles. The van der Waals surface area contributed by atoms with Crippen molar-refractivity contribution in [1.82, 2.24) is 9.78 Å². The molecule has 1 N–H and O–H groups in total. The third kappa shape index (κ3) is 3.13. The molecule has 18 heavy (non-hydrogen) atoms. The van der Waals surface area contributed by atoms with Gasteiger partial charge in [0.05, 0.1) is 12.2 Å². The second-order valence-corrected chi connectivity index (χ2v) is 4.44. The molecule has 0 saturated carbocycles. The number of hydrogen-bond donors (Lipinski definition) is 1. The lowest BCUT2D eigenvalue weighted by Crippen LogP contribution is -2.07. The Morgan fingerprint density at radius 2 is 1.89 bits per heavy atom. The Morgan fingerprint density at radius 3 is 2.56 bits per heavy atom. The van der Waals surface area contributed by atoms with Gasteiger partial charge >= 0.3 is 0 Å². The molecule has 0 fully saturated rings. The number of nitrogens with one attached hydrogen (secondary N) is 1. The van der Waals surface area contributed by atoms with E-state index < -0.39 is 0 Å². The molecule has 2 aromatic rings. The minimum Gasteiger partial charge on any atom is -0.379 e. The lowest BCUT2D eigenvalue weighted by molar-refractivity contribution is 0.627. The van der Waals surface area contributed by atoms with Crippen LogP contribution in [-0.2, 0) is 19.5 Å². The third-order valence-electron chi connectivity index (χ3n) is 3.07. The molecule has 3 nitrogen and oxygen atoms in total. The van der Waals surface area contributed by atoms with Gasteiger partial charge in [-0.05, 0) is 37.1 Å². The molecule has 0 bridgehead atoms. The molecule has 3 heteroatoms. The van der Waals surface area contributed by atoms with Crippen molar-refractivity contribution >= 4 is 5.69 Å². The second kappa shape index (κ2) is 6.24. The van der Waals surface area contributed by atoms with Crippen LogP contribution < -0.4 is 5.32 Å². The van der Waals surface area contributed by atoms with Crippen molar-refractivity contribution in [3.05, 3.63) is 47.8 Å². The highest BCUT2D eigenvalue weighted by Crippen LogP contribution is 2.12. The third-order valence-corrected chi connectivity index (χ3v) is 3.07. The predicted octanol–water partition coefficient (Wildman–Crippen LogP) is 3.47. The predicted molar refractivity (Wildman–Crippen MR) is 75.7 cm³/mol. The van der Waals surface area contributed by atoms with Crippen LogP contribution in [0.25, 0.3) is 0 Å². The van der Waals surface area contributed by atoms with Crippen molar-refractivity contribution < 1.29 is 0 Å². The van der Waals surface area contributed by atoms with Gasteiger partial charge in [-0.2, -0.15) is 5.10 Å². The number of aromatic nitrogens is 2. The molecule has 0 saturated heterocycles. The van der Waals surface area contributed by atoms with Crippen molar-refractivity contribution in [1.29, 1.82) is 0 Å². The lowest BCUT2D eigenvalue weighted by atomic mass is 10.1. The van der Waals surface area contributed by atoms with E-state index in [1.54, 1.807) is 0 Å². The Balaban J connectivity index is 1.94. The van der Waals surface area contributed by atoms with E-state index in [0.29, 0.717) is 0 Å². The zero-order valence-corrected chi connectivity index (χ0v) is 11.2. The number of hydrogen-bond acceptors (Lipinski definition) is 2. The second-order valence-electron chi connectivity index (χ2n) is 4.44. The quantitative estimate of drug-likeness (QED) is 0.842. The van der Waals surface area contributed by atoms with Crippen molar-refractivity contribution in [3.8, 4) is 0 Å². The summed E-state index contributed by atoms with van der Waals surface area (Å²) in [7, 11) is 0. The number of benzene rings is 1. The van der Waals surface area contributed by atoms with E-state index in [2.05, 4.69) is 54.6 Å². The van der Waals surface area contributed by atoms with Crippen LogP contribution >= 0.6 is 0 Å². The Morgan fingerprint density at radius 1 is 1.11 bits per heavy atom. The zero-order valence-electron chi connectivity index (χ0n) is 11.2. The number of rotatable bonds is 6. The molecule has 1 heterocycles. The van der Waals surface area contributed by atoms with E-state index in [9.17, 15) is 0 Å². The molecule has 0 spiro atoms. The van der Waals surface area contributed by atoms with Crippen molar-refractivity contribution in [2.24, 2.45) is 0 Å². The van der Waals surface area contributed by atoms with Crippen LogP contribution in [0.3, 0.4) is 0 Å². The van der Waals surface area contributed by atoms with Gasteiger partial charge in [0.25, 0.3) is 0 Å². The fourth-order valence-corrected chi connectivity index (χ4v) is 2.07. The molecule has 2 rings (SSSR count). The van der Waals surface area contributed by atoms with Crippen LogP contribution in [0, 0.1) is 0 Å². The van der Waals surface area contributed by atoms with Gasteiger partial charge in [-0.25, -0.2) is 0 Å². The molecule has 0 unspecified atom stereocenters. The number of anilines is 1. The summed E-state index contributed by atoms with van der Waals surface area (Å²) < 4.78 is 2.01. The topological polar surface area (TPSA) is 29.9 Å². The van der Waals surface area contributed by atoms with Gasteiger partial charge in [0.1, 0.15) is 0 Å². The molecule has 0 atom stereocenters. The van der Waals surface area contributed by atoms with Crippen LogP contribution in [0.4, 0.5) is 5.69 Å². The molecule has 0 aliphatic carbocycles. The summed E-state index contributed by atoms with van der Waals surface area (Å²) in [4.78, 5) is 0. The highest BCUT2D eigenvalue weighted by molar-refractivity contribution is 5.44. The molecule has 0 aliphatic heterocycles. The van der Waals surface area contributed by atoms with Gasteiger partial charge in [0.15, 0.2) is 0 Å². The van der Waals surface area contributed by atoms with E-state index >= 15 is 0 Å². The Hall–Kier alpha value is -1.77. The average Bonchev–Trinajstić information content (AvgIpc) is 2.86. The Labute approximate surface area is 109 Å². The summed E-state index contributed by atoms with van der Waals surface area (Å²) in [6, 6.07) is 10.8. The van der Waals surface area contributed by atoms with Crippen molar-refractivity contribution in [2.75, 3.05) is 5.32 Å². The van der Waals surface area contributed by atoms with Crippen LogP contribution in [0.2, 0.25) is 0 Å². The SMILES string of the molecule is CCCc1ccc(NCc2ccnn2CC)cc1. The van der Waals surface area contributed by atoms with Gasteiger partial charge in [0.2, 0.25) is 0 Å².